The number of aromatic nitrogens is 4. The van der Waals surface area contributed by atoms with Crippen LogP contribution in [0.15, 0.2) is 64.4 Å². The maximum absolute atomic E-state index is 5.73. The minimum Gasteiger partial charge on any atom is -0.431 e. The number of hydrogen-bond acceptors (Lipinski definition) is 5. The predicted octanol–water partition coefficient (Wildman–Crippen LogP) is 5.06. The van der Waals surface area contributed by atoms with Crippen molar-refractivity contribution in [2.75, 3.05) is 0 Å². The molecule has 0 bridgehead atoms. The topological polar surface area (TPSA) is 56.7 Å². The van der Waals surface area contributed by atoms with Gasteiger partial charge in [0.05, 0.1) is 12.2 Å². The fraction of sp³-hybridized carbons (Fsp3) is 0.286. The van der Waals surface area contributed by atoms with E-state index in [-0.39, 0.29) is 5.41 Å². The van der Waals surface area contributed by atoms with Crippen LogP contribution in [0.2, 0.25) is 0 Å². The van der Waals surface area contributed by atoms with E-state index in [0.717, 1.165) is 16.8 Å². The monoisotopic (exact) mass is 378 g/mol. The van der Waals surface area contributed by atoms with Gasteiger partial charge >= 0.3 is 0 Å². The van der Waals surface area contributed by atoms with E-state index in [1.165, 1.54) is 22.9 Å². The van der Waals surface area contributed by atoms with Crippen molar-refractivity contribution in [1.29, 1.82) is 0 Å². The largest absolute Gasteiger partial charge is 0.431 e. The van der Waals surface area contributed by atoms with Crippen molar-refractivity contribution in [1.82, 2.24) is 20.0 Å². The smallest absolute Gasteiger partial charge is 0.257 e. The van der Waals surface area contributed by atoms with Crippen molar-refractivity contribution in [3.63, 3.8) is 0 Å². The lowest BCUT2D eigenvalue weighted by atomic mass is 9.87. The number of hydrogen-bond donors (Lipinski definition) is 0. The van der Waals surface area contributed by atoms with Crippen LogP contribution in [0.3, 0.4) is 0 Å². The summed E-state index contributed by atoms with van der Waals surface area (Å²) in [6, 6.07) is 16.5. The predicted molar refractivity (Wildman–Crippen MR) is 108 cm³/mol. The van der Waals surface area contributed by atoms with Crippen LogP contribution in [0, 0.1) is 0 Å². The molecule has 27 heavy (non-hydrogen) atoms. The summed E-state index contributed by atoms with van der Waals surface area (Å²) < 4.78 is 7.60. The number of fused-ring (bicyclic) bond motifs is 1. The van der Waals surface area contributed by atoms with Crippen molar-refractivity contribution in [2.24, 2.45) is 0 Å². The Kier molecular flexibility index (Phi) is 4.74. The highest BCUT2D eigenvalue weighted by Crippen LogP contribution is 2.25. The Bertz CT molecular complexity index is 1010. The Labute approximate surface area is 162 Å². The van der Waals surface area contributed by atoms with Crippen LogP contribution < -0.4 is 0 Å². The maximum Gasteiger partial charge on any atom is 0.257 e. The number of thioether (sulfide) groups is 1. The molecule has 0 fully saturated rings. The molecule has 0 saturated carbocycles. The molecular weight excluding hydrogens is 356 g/mol. The molecule has 2 aromatic carbocycles. The average Bonchev–Trinajstić information content (AvgIpc) is 3.25. The SMILES string of the molecule is CC(C)(C)c1ccc(Cn2cc(CSc3nc4ccccc4o3)nn2)cc1. The molecule has 0 spiro atoms. The van der Waals surface area contributed by atoms with Crippen LogP contribution >= 0.6 is 11.8 Å². The van der Waals surface area contributed by atoms with Crippen molar-refractivity contribution < 1.29 is 4.42 Å². The van der Waals surface area contributed by atoms with E-state index in [2.05, 4.69) is 60.3 Å². The van der Waals surface area contributed by atoms with Crippen molar-refractivity contribution in [3.8, 4) is 0 Å². The molecule has 4 aromatic rings. The van der Waals surface area contributed by atoms with Gasteiger partial charge in [-0.15, -0.1) is 5.10 Å². The average molecular weight is 379 g/mol. The molecule has 0 aliphatic heterocycles. The molecule has 0 N–H and O–H groups in total. The quantitative estimate of drug-likeness (QED) is 0.455. The summed E-state index contributed by atoms with van der Waals surface area (Å²) in [4.78, 5) is 4.47. The van der Waals surface area contributed by atoms with Gasteiger partial charge in [0.25, 0.3) is 5.22 Å². The van der Waals surface area contributed by atoms with E-state index < -0.39 is 0 Å². The molecule has 0 saturated heterocycles. The molecule has 0 unspecified atom stereocenters. The second-order valence-electron chi connectivity index (χ2n) is 7.59. The molecule has 0 aliphatic rings. The summed E-state index contributed by atoms with van der Waals surface area (Å²) in [7, 11) is 0. The lowest BCUT2D eigenvalue weighted by Gasteiger charge is -2.19. The number of para-hydroxylation sites is 2. The van der Waals surface area contributed by atoms with Gasteiger partial charge in [0.15, 0.2) is 5.58 Å². The number of rotatable bonds is 5. The third kappa shape index (κ3) is 4.22. The maximum atomic E-state index is 5.73. The molecule has 2 aromatic heterocycles. The highest BCUT2D eigenvalue weighted by Gasteiger charge is 2.13. The summed E-state index contributed by atoms with van der Waals surface area (Å²) in [5.41, 5.74) is 5.31. The minimum absolute atomic E-state index is 0.168. The van der Waals surface area contributed by atoms with Crippen molar-refractivity contribution >= 4 is 22.9 Å². The lowest BCUT2D eigenvalue weighted by molar-refractivity contribution is 0.489. The molecule has 4 rings (SSSR count). The fourth-order valence-electron chi connectivity index (χ4n) is 2.83. The Balaban J connectivity index is 1.38. The van der Waals surface area contributed by atoms with E-state index in [1.807, 2.05) is 35.1 Å². The first-order valence-corrected chi connectivity index (χ1v) is 9.93. The van der Waals surface area contributed by atoms with Crippen LogP contribution in [0.4, 0.5) is 0 Å². The number of oxazole rings is 1. The van der Waals surface area contributed by atoms with Gasteiger partial charge in [-0.25, -0.2) is 9.67 Å². The van der Waals surface area contributed by atoms with Crippen molar-refractivity contribution in [2.45, 2.75) is 43.7 Å². The Morgan fingerprint density at radius 3 is 2.56 bits per heavy atom. The molecule has 5 nitrogen and oxygen atoms in total. The Morgan fingerprint density at radius 2 is 1.81 bits per heavy atom. The minimum atomic E-state index is 0.168. The van der Waals surface area contributed by atoms with Crippen LogP contribution in [-0.2, 0) is 17.7 Å². The number of nitrogens with zero attached hydrogens (tertiary/aromatic N) is 4. The first-order valence-electron chi connectivity index (χ1n) is 8.94. The zero-order chi connectivity index (χ0) is 18.9. The zero-order valence-electron chi connectivity index (χ0n) is 15.7. The fourth-order valence-corrected chi connectivity index (χ4v) is 3.54. The molecule has 0 aliphatic carbocycles. The van der Waals surface area contributed by atoms with Gasteiger partial charge in [-0.2, -0.15) is 0 Å². The Hall–Kier alpha value is -2.60. The van der Waals surface area contributed by atoms with E-state index in [0.29, 0.717) is 17.5 Å². The van der Waals surface area contributed by atoms with Gasteiger partial charge in [0.2, 0.25) is 0 Å². The normalized spacial score (nSPS) is 12.0. The third-order valence-corrected chi connectivity index (χ3v) is 5.23. The molecule has 0 atom stereocenters. The number of benzene rings is 2. The molecule has 0 amide bonds. The van der Waals surface area contributed by atoms with E-state index >= 15 is 0 Å². The van der Waals surface area contributed by atoms with E-state index in [9.17, 15) is 0 Å². The second-order valence-corrected chi connectivity index (χ2v) is 8.52. The lowest BCUT2D eigenvalue weighted by Crippen LogP contribution is -2.11. The Morgan fingerprint density at radius 1 is 1.04 bits per heavy atom. The zero-order valence-corrected chi connectivity index (χ0v) is 16.5. The summed E-state index contributed by atoms with van der Waals surface area (Å²) in [6.07, 6.45) is 1.98. The van der Waals surface area contributed by atoms with E-state index in [4.69, 9.17) is 4.42 Å². The molecule has 0 radical (unpaired) electrons. The molecule has 2 heterocycles. The third-order valence-electron chi connectivity index (χ3n) is 4.37. The first kappa shape index (κ1) is 17.8. The molecule has 138 valence electrons. The van der Waals surface area contributed by atoms with Gasteiger partial charge in [-0.1, -0.05) is 74.1 Å². The summed E-state index contributed by atoms with van der Waals surface area (Å²) in [5.74, 6) is 0.676. The summed E-state index contributed by atoms with van der Waals surface area (Å²) in [5, 5.41) is 9.16. The highest BCUT2D eigenvalue weighted by atomic mass is 32.2. The van der Waals surface area contributed by atoms with Crippen LogP contribution in [0.5, 0.6) is 0 Å². The first-order chi connectivity index (χ1) is 13.0. The van der Waals surface area contributed by atoms with Gasteiger partial charge in [0, 0.05) is 11.9 Å². The molecule has 6 heteroatoms. The van der Waals surface area contributed by atoms with Gasteiger partial charge in [-0.05, 0) is 28.7 Å². The van der Waals surface area contributed by atoms with Crippen molar-refractivity contribution in [3.05, 3.63) is 71.5 Å². The second kappa shape index (κ2) is 7.19. The van der Waals surface area contributed by atoms with Crippen LogP contribution in [0.25, 0.3) is 11.1 Å². The summed E-state index contributed by atoms with van der Waals surface area (Å²) in [6.45, 7) is 7.38. The summed E-state index contributed by atoms with van der Waals surface area (Å²) >= 11 is 1.53. The van der Waals surface area contributed by atoms with Crippen LogP contribution in [-0.4, -0.2) is 20.0 Å². The van der Waals surface area contributed by atoms with Gasteiger partial charge in [0.1, 0.15) is 5.52 Å². The highest BCUT2D eigenvalue weighted by molar-refractivity contribution is 7.98. The molecular formula is C21H22N4OS. The van der Waals surface area contributed by atoms with Crippen LogP contribution in [0.1, 0.15) is 37.6 Å². The standard InChI is InChI=1S/C21H22N4OS/c1-21(2,3)16-10-8-15(9-11-16)12-25-13-17(23-24-25)14-27-20-22-18-6-4-5-7-19(18)26-20/h4-11,13H,12,14H2,1-3H3. The van der Waals surface area contributed by atoms with Gasteiger partial charge < -0.3 is 4.42 Å². The van der Waals surface area contributed by atoms with Gasteiger partial charge in [-0.3, -0.25) is 0 Å². The van der Waals surface area contributed by atoms with E-state index in [1.54, 1.807) is 0 Å².